The van der Waals surface area contributed by atoms with E-state index in [4.69, 9.17) is 0 Å². The summed E-state index contributed by atoms with van der Waals surface area (Å²) in [4.78, 5) is 0. The highest BCUT2D eigenvalue weighted by atomic mass is 32.2. The van der Waals surface area contributed by atoms with Gasteiger partial charge in [0.05, 0.1) is 5.60 Å². The summed E-state index contributed by atoms with van der Waals surface area (Å²) < 4.78 is 0. The third-order valence-electron chi connectivity index (χ3n) is 3.08. The lowest BCUT2D eigenvalue weighted by molar-refractivity contribution is 0.0602. The Morgan fingerprint density at radius 1 is 1.31 bits per heavy atom. The number of allylic oxidation sites excluding steroid dienone is 1. The lowest BCUT2D eigenvalue weighted by Crippen LogP contribution is -2.41. The lowest BCUT2D eigenvalue weighted by atomic mass is 9.85. The van der Waals surface area contributed by atoms with E-state index in [1.807, 2.05) is 19.1 Å². The first-order chi connectivity index (χ1) is 6.22. The number of thioether (sulfide) groups is 1. The number of rotatable bonds is 1. The maximum atomic E-state index is 10.3. The van der Waals surface area contributed by atoms with Crippen molar-refractivity contribution in [2.75, 3.05) is 0 Å². The second kappa shape index (κ2) is 3.66. The van der Waals surface area contributed by atoms with Crippen molar-refractivity contribution in [2.24, 2.45) is 0 Å². The first-order valence-electron chi connectivity index (χ1n) is 5.23. The molecule has 0 amide bonds. The van der Waals surface area contributed by atoms with Gasteiger partial charge in [0.2, 0.25) is 0 Å². The summed E-state index contributed by atoms with van der Waals surface area (Å²) in [7, 11) is 0. The molecule has 2 aliphatic heterocycles. The van der Waals surface area contributed by atoms with Crippen LogP contribution in [0.4, 0.5) is 0 Å². The average molecular weight is 198 g/mol. The molecule has 0 aromatic rings. The van der Waals surface area contributed by atoms with Gasteiger partial charge in [-0.3, -0.25) is 0 Å². The normalized spacial score (nSPS) is 45.4. The summed E-state index contributed by atoms with van der Waals surface area (Å²) in [6, 6.07) is 0. The second-order valence-electron chi connectivity index (χ2n) is 4.32. The monoisotopic (exact) mass is 198 g/mol. The van der Waals surface area contributed by atoms with Gasteiger partial charge in [0, 0.05) is 10.5 Å². The van der Waals surface area contributed by atoms with Crippen LogP contribution in [-0.4, -0.2) is 21.2 Å². The molecule has 0 aliphatic carbocycles. The summed E-state index contributed by atoms with van der Waals surface area (Å²) in [6.07, 6.45) is 9.91. The zero-order valence-electron chi connectivity index (χ0n) is 8.20. The van der Waals surface area contributed by atoms with Crippen molar-refractivity contribution in [3.63, 3.8) is 0 Å². The van der Waals surface area contributed by atoms with Crippen LogP contribution in [-0.2, 0) is 0 Å². The van der Waals surface area contributed by atoms with Crippen molar-refractivity contribution in [2.45, 2.75) is 55.1 Å². The van der Waals surface area contributed by atoms with Crippen LogP contribution in [0.3, 0.4) is 0 Å². The zero-order chi connectivity index (χ0) is 9.31. The van der Waals surface area contributed by atoms with Crippen LogP contribution >= 0.6 is 11.8 Å². The first kappa shape index (κ1) is 9.60. The third-order valence-corrected chi connectivity index (χ3v) is 4.65. The van der Waals surface area contributed by atoms with Crippen molar-refractivity contribution in [1.82, 2.24) is 0 Å². The topological polar surface area (TPSA) is 20.2 Å². The average Bonchev–Trinajstić information content (AvgIpc) is 2.02. The number of hydrogen-bond acceptors (Lipinski definition) is 2. The largest absolute Gasteiger partial charge is 0.386 e. The third kappa shape index (κ3) is 2.10. The molecule has 2 saturated heterocycles. The predicted molar refractivity (Wildman–Crippen MR) is 58.0 cm³/mol. The van der Waals surface area contributed by atoms with Crippen LogP contribution in [0.5, 0.6) is 0 Å². The number of fused-ring (bicyclic) bond motifs is 2. The first-order valence-corrected chi connectivity index (χ1v) is 6.18. The quantitative estimate of drug-likeness (QED) is 0.654. The van der Waals surface area contributed by atoms with Gasteiger partial charge in [-0.2, -0.15) is 11.8 Å². The second-order valence-corrected chi connectivity index (χ2v) is 5.93. The number of aliphatic hydroxyl groups is 1. The molecule has 2 rings (SSSR count). The van der Waals surface area contributed by atoms with E-state index in [1.54, 1.807) is 0 Å². The maximum absolute atomic E-state index is 10.3. The van der Waals surface area contributed by atoms with Crippen LogP contribution in [0, 0.1) is 0 Å². The van der Waals surface area contributed by atoms with Crippen LogP contribution in [0.25, 0.3) is 0 Å². The summed E-state index contributed by atoms with van der Waals surface area (Å²) in [5.41, 5.74) is -0.476. The molecule has 0 aromatic heterocycles. The molecule has 2 heterocycles. The van der Waals surface area contributed by atoms with Crippen molar-refractivity contribution < 1.29 is 5.11 Å². The Morgan fingerprint density at radius 2 is 1.92 bits per heavy atom. The summed E-state index contributed by atoms with van der Waals surface area (Å²) in [5.74, 6) is 0. The number of hydrogen-bond donors (Lipinski definition) is 1. The Bertz CT molecular complexity index is 200. The molecule has 0 spiro atoms. The molecule has 2 bridgehead atoms. The standard InChI is InChI=1S/C11H18OS/c1-2-6-11(12)7-9-4-3-5-10(8-11)13-9/h2,6,9-10,12H,3-5,7-8H2,1H3/b6-2-. The maximum Gasteiger partial charge on any atom is 0.0848 e. The molecule has 13 heavy (non-hydrogen) atoms. The Hall–Kier alpha value is 0.0500. The Balaban J connectivity index is 2.08. The SMILES string of the molecule is C/C=C\C1(O)CC2CCCC(C1)S2. The van der Waals surface area contributed by atoms with Crippen molar-refractivity contribution in [1.29, 1.82) is 0 Å². The zero-order valence-corrected chi connectivity index (χ0v) is 9.02. The molecule has 0 radical (unpaired) electrons. The van der Waals surface area contributed by atoms with Crippen molar-refractivity contribution >= 4 is 11.8 Å². The molecular formula is C11H18OS. The van der Waals surface area contributed by atoms with E-state index in [0.717, 1.165) is 12.8 Å². The van der Waals surface area contributed by atoms with Gasteiger partial charge in [0.15, 0.2) is 0 Å². The van der Waals surface area contributed by atoms with Gasteiger partial charge in [-0.1, -0.05) is 18.6 Å². The molecule has 0 saturated carbocycles. The van der Waals surface area contributed by atoms with Crippen LogP contribution in [0.15, 0.2) is 12.2 Å². The summed E-state index contributed by atoms with van der Waals surface area (Å²) >= 11 is 2.11. The van der Waals surface area contributed by atoms with Gasteiger partial charge < -0.3 is 5.11 Å². The van der Waals surface area contributed by atoms with E-state index in [0.29, 0.717) is 10.5 Å². The fraction of sp³-hybridized carbons (Fsp3) is 0.818. The van der Waals surface area contributed by atoms with Gasteiger partial charge in [-0.25, -0.2) is 0 Å². The van der Waals surface area contributed by atoms with Gasteiger partial charge in [-0.05, 0) is 32.6 Å². The minimum Gasteiger partial charge on any atom is -0.386 e. The van der Waals surface area contributed by atoms with E-state index in [9.17, 15) is 5.11 Å². The van der Waals surface area contributed by atoms with E-state index in [2.05, 4.69) is 11.8 Å². The molecular weight excluding hydrogens is 180 g/mol. The summed E-state index contributed by atoms with van der Waals surface area (Å²) in [5, 5.41) is 11.7. The van der Waals surface area contributed by atoms with Crippen molar-refractivity contribution in [3.8, 4) is 0 Å². The van der Waals surface area contributed by atoms with Crippen LogP contribution < -0.4 is 0 Å². The highest BCUT2D eigenvalue weighted by Crippen LogP contribution is 2.45. The summed E-state index contributed by atoms with van der Waals surface area (Å²) in [6.45, 7) is 2.00. The Kier molecular flexibility index (Phi) is 2.70. The van der Waals surface area contributed by atoms with Crippen LogP contribution in [0.1, 0.15) is 39.0 Å². The van der Waals surface area contributed by atoms with E-state index < -0.39 is 5.60 Å². The minimum atomic E-state index is -0.476. The highest BCUT2D eigenvalue weighted by molar-refractivity contribution is 8.00. The smallest absolute Gasteiger partial charge is 0.0848 e. The molecule has 2 heteroatoms. The fourth-order valence-electron chi connectivity index (χ4n) is 2.60. The fourth-order valence-corrected chi connectivity index (χ4v) is 4.52. The molecule has 2 atom stereocenters. The molecule has 1 N–H and O–H groups in total. The van der Waals surface area contributed by atoms with Gasteiger partial charge in [0.25, 0.3) is 0 Å². The minimum absolute atomic E-state index is 0.476. The van der Waals surface area contributed by atoms with Gasteiger partial charge >= 0.3 is 0 Å². The van der Waals surface area contributed by atoms with Gasteiger partial charge in [-0.15, -0.1) is 0 Å². The van der Waals surface area contributed by atoms with E-state index in [-0.39, 0.29) is 0 Å². The Morgan fingerprint density at radius 3 is 2.46 bits per heavy atom. The Labute approximate surface area is 84.6 Å². The molecule has 2 aliphatic rings. The lowest BCUT2D eigenvalue weighted by Gasteiger charge is -2.42. The molecule has 0 aromatic carbocycles. The highest BCUT2D eigenvalue weighted by Gasteiger charge is 2.39. The van der Waals surface area contributed by atoms with E-state index >= 15 is 0 Å². The molecule has 2 fully saturated rings. The predicted octanol–water partition coefficient (Wildman–Crippen LogP) is 2.74. The molecule has 2 unspecified atom stereocenters. The van der Waals surface area contributed by atoms with E-state index in [1.165, 1.54) is 19.3 Å². The molecule has 74 valence electrons. The van der Waals surface area contributed by atoms with Crippen LogP contribution in [0.2, 0.25) is 0 Å². The van der Waals surface area contributed by atoms with Crippen molar-refractivity contribution in [3.05, 3.63) is 12.2 Å². The molecule has 1 nitrogen and oxygen atoms in total. The van der Waals surface area contributed by atoms with Gasteiger partial charge in [0.1, 0.15) is 0 Å².